The van der Waals surface area contributed by atoms with Gasteiger partial charge in [0.15, 0.2) is 0 Å². The van der Waals surface area contributed by atoms with Crippen molar-refractivity contribution in [2.45, 2.75) is 40.3 Å². The number of carbonyl (C=O) groups is 1. The lowest BCUT2D eigenvalue weighted by Gasteiger charge is -2.00. The minimum Gasteiger partial charge on any atom is -0.353 e. The molecule has 0 bridgehead atoms. The summed E-state index contributed by atoms with van der Waals surface area (Å²) in [5.41, 5.74) is 0.783. The van der Waals surface area contributed by atoms with Crippen LogP contribution in [0.15, 0.2) is 6.20 Å². The number of carbonyl (C=O) groups excluding carboxylic acids is 1. The number of nitrogens with zero attached hydrogens (tertiary/aromatic N) is 3. The zero-order valence-corrected chi connectivity index (χ0v) is 10.9. The van der Waals surface area contributed by atoms with Gasteiger partial charge in [-0.1, -0.05) is 26.0 Å². The molecule has 0 saturated heterocycles. The Kier molecular flexibility index (Phi) is 10.1. The first kappa shape index (κ1) is 15.6. The first-order chi connectivity index (χ1) is 8.36. The molecule has 1 heterocycles. The molecule has 1 aromatic heterocycles. The molecule has 0 aliphatic heterocycles. The van der Waals surface area contributed by atoms with Crippen LogP contribution in [0.2, 0.25) is 0 Å². The van der Waals surface area contributed by atoms with Crippen molar-refractivity contribution >= 4 is 6.41 Å². The lowest BCUT2D eigenvalue weighted by molar-refractivity contribution is -0.109. The summed E-state index contributed by atoms with van der Waals surface area (Å²) < 4.78 is 1.79. The van der Waals surface area contributed by atoms with Gasteiger partial charge in [0, 0.05) is 6.54 Å². The summed E-state index contributed by atoms with van der Waals surface area (Å²) in [6.45, 7) is 9.35. The minimum absolute atomic E-state index is 0.441. The summed E-state index contributed by atoms with van der Waals surface area (Å²) in [6, 6.07) is 0. The van der Waals surface area contributed by atoms with E-state index in [0.29, 0.717) is 13.0 Å². The van der Waals surface area contributed by atoms with Crippen LogP contribution in [0.1, 0.15) is 32.9 Å². The number of rotatable bonds is 8. The van der Waals surface area contributed by atoms with Gasteiger partial charge in [0.05, 0.1) is 12.7 Å². The fourth-order valence-electron chi connectivity index (χ4n) is 1.22. The maximum atomic E-state index is 10.1. The topological polar surface area (TPSA) is 71.8 Å². The smallest absolute Gasteiger partial charge is 0.207 e. The number of nitrogens with one attached hydrogen (secondary N) is 2. The molecule has 1 amide bonds. The fraction of sp³-hybridized carbons (Fsp3) is 0.727. The molecule has 98 valence electrons. The molecule has 6 nitrogen and oxygen atoms in total. The van der Waals surface area contributed by atoms with E-state index in [4.69, 9.17) is 0 Å². The van der Waals surface area contributed by atoms with Crippen molar-refractivity contribution in [3.05, 3.63) is 11.9 Å². The van der Waals surface area contributed by atoms with Crippen LogP contribution in [0.4, 0.5) is 0 Å². The van der Waals surface area contributed by atoms with Crippen LogP contribution in [-0.2, 0) is 17.9 Å². The summed E-state index contributed by atoms with van der Waals surface area (Å²) >= 11 is 0. The third-order valence-corrected chi connectivity index (χ3v) is 1.94. The highest BCUT2D eigenvalue weighted by atomic mass is 16.1. The van der Waals surface area contributed by atoms with E-state index < -0.39 is 0 Å². The average Bonchev–Trinajstić information content (AvgIpc) is 2.82. The second kappa shape index (κ2) is 11.1. The maximum absolute atomic E-state index is 10.1. The summed E-state index contributed by atoms with van der Waals surface area (Å²) in [7, 11) is 0. The minimum atomic E-state index is 0.441. The van der Waals surface area contributed by atoms with Crippen molar-refractivity contribution in [1.29, 1.82) is 0 Å². The van der Waals surface area contributed by atoms with Crippen LogP contribution >= 0.6 is 0 Å². The van der Waals surface area contributed by atoms with E-state index in [0.717, 1.165) is 31.7 Å². The first-order valence-electron chi connectivity index (χ1n) is 6.13. The molecule has 6 heteroatoms. The van der Waals surface area contributed by atoms with Gasteiger partial charge in [-0.15, -0.1) is 5.10 Å². The Labute approximate surface area is 103 Å². The molecule has 2 N–H and O–H groups in total. The molecule has 0 aliphatic rings. The largest absolute Gasteiger partial charge is 0.353 e. The standard InChI is InChI=1S/C9H17N5O.C2H6/c1-2-10-4-3-5-14-7-9(12-13-14)6-11-8-15;1-2/h7-8,10H,2-6H2,1H3,(H,11,15);1-2H3. The Balaban J connectivity index is 0.00000121. The molecule has 0 fully saturated rings. The van der Waals surface area contributed by atoms with Crippen molar-refractivity contribution in [2.75, 3.05) is 13.1 Å². The van der Waals surface area contributed by atoms with Gasteiger partial charge in [-0.2, -0.15) is 0 Å². The second-order valence-corrected chi connectivity index (χ2v) is 3.18. The molecule has 17 heavy (non-hydrogen) atoms. The zero-order chi connectivity index (χ0) is 12.9. The number of hydrogen-bond donors (Lipinski definition) is 2. The lowest BCUT2D eigenvalue weighted by atomic mass is 10.4. The normalized spacial score (nSPS) is 9.35. The lowest BCUT2D eigenvalue weighted by Crippen LogP contribution is -2.16. The van der Waals surface area contributed by atoms with Crippen LogP contribution in [0.25, 0.3) is 0 Å². The molecule has 0 aliphatic carbocycles. The first-order valence-corrected chi connectivity index (χ1v) is 6.13. The quantitative estimate of drug-likeness (QED) is 0.515. The number of aromatic nitrogens is 3. The molecule has 0 atom stereocenters. The van der Waals surface area contributed by atoms with Crippen molar-refractivity contribution in [2.24, 2.45) is 0 Å². The Morgan fingerprint density at radius 2 is 2.24 bits per heavy atom. The van der Waals surface area contributed by atoms with Crippen LogP contribution in [0.3, 0.4) is 0 Å². The van der Waals surface area contributed by atoms with Crippen molar-refractivity contribution in [1.82, 2.24) is 25.6 Å². The van der Waals surface area contributed by atoms with Gasteiger partial charge >= 0.3 is 0 Å². The van der Waals surface area contributed by atoms with E-state index in [2.05, 4.69) is 27.9 Å². The average molecular weight is 241 g/mol. The Hall–Kier alpha value is -1.43. The molecule has 1 aromatic rings. The van der Waals surface area contributed by atoms with Gasteiger partial charge in [-0.25, -0.2) is 0 Å². The highest BCUT2D eigenvalue weighted by molar-refractivity contribution is 5.45. The van der Waals surface area contributed by atoms with Crippen molar-refractivity contribution in [3.63, 3.8) is 0 Å². The summed E-state index contributed by atoms with van der Waals surface area (Å²) in [5.74, 6) is 0. The zero-order valence-electron chi connectivity index (χ0n) is 10.9. The van der Waals surface area contributed by atoms with Crippen LogP contribution in [-0.4, -0.2) is 34.5 Å². The molecule has 0 saturated carbocycles. The van der Waals surface area contributed by atoms with Crippen LogP contribution in [0, 0.1) is 0 Å². The molecular weight excluding hydrogens is 218 g/mol. The van der Waals surface area contributed by atoms with Gasteiger partial charge in [0.2, 0.25) is 6.41 Å². The van der Waals surface area contributed by atoms with Crippen molar-refractivity contribution < 1.29 is 4.79 Å². The fourth-order valence-corrected chi connectivity index (χ4v) is 1.22. The molecular formula is C11H23N5O. The Morgan fingerprint density at radius 3 is 2.88 bits per heavy atom. The third-order valence-electron chi connectivity index (χ3n) is 1.94. The Morgan fingerprint density at radius 1 is 1.47 bits per heavy atom. The van der Waals surface area contributed by atoms with Crippen LogP contribution < -0.4 is 10.6 Å². The van der Waals surface area contributed by atoms with E-state index >= 15 is 0 Å². The van der Waals surface area contributed by atoms with E-state index in [1.165, 1.54) is 0 Å². The van der Waals surface area contributed by atoms with E-state index in [-0.39, 0.29) is 0 Å². The predicted octanol–water partition coefficient (Wildman–Crippen LogP) is 0.550. The van der Waals surface area contributed by atoms with E-state index in [1.54, 1.807) is 4.68 Å². The van der Waals surface area contributed by atoms with Crippen molar-refractivity contribution in [3.8, 4) is 0 Å². The van der Waals surface area contributed by atoms with Gasteiger partial charge in [0.25, 0.3) is 0 Å². The van der Waals surface area contributed by atoms with Gasteiger partial charge in [0.1, 0.15) is 5.69 Å². The number of aryl methyl sites for hydroxylation is 1. The van der Waals surface area contributed by atoms with Gasteiger partial charge < -0.3 is 10.6 Å². The van der Waals surface area contributed by atoms with Gasteiger partial charge in [-0.05, 0) is 19.5 Å². The summed E-state index contributed by atoms with van der Waals surface area (Å²) in [5, 5.41) is 13.7. The summed E-state index contributed by atoms with van der Waals surface area (Å²) in [6.07, 6.45) is 3.53. The number of amides is 1. The Bertz CT molecular complexity index is 287. The third kappa shape index (κ3) is 7.46. The number of hydrogen-bond acceptors (Lipinski definition) is 4. The molecule has 0 radical (unpaired) electrons. The predicted molar refractivity (Wildman–Crippen MR) is 67.4 cm³/mol. The van der Waals surface area contributed by atoms with Crippen LogP contribution in [0.5, 0.6) is 0 Å². The SMILES string of the molecule is CC.CCNCCCn1cc(CNC=O)nn1. The highest BCUT2D eigenvalue weighted by Gasteiger charge is 1.98. The molecule has 0 unspecified atom stereocenters. The van der Waals surface area contributed by atoms with Gasteiger partial charge in [-0.3, -0.25) is 9.48 Å². The molecule has 0 aromatic carbocycles. The second-order valence-electron chi connectivity index (χ2n) is 3.18. The van der Waals surface area contributed by atoms with E-state index in [9.17, 15) is 4.79 Å². The van der Waals surface area contributed by atoms with E-state index in [1.807, 2.05) is 20.0 Å². The molecule has 0 spiro atoms. The summed E-state index contributed by atoms with van der Waals surface area (Å²) in [4.78, 5) is 10.1. The highest BCUT2D eigenvalue weighted by Crippen LogP contribution is 1.93. The monoisotopic (exact) mass is 241 g/mol. The molecule has 1 rings (SSSR count). The maximum Gasteiger partial charge on any atom is 0.207 e.